The number of hydrogen-bond acceptors (Lipinski definition) is 14. The first-order chi connectivity index (χ1) is 39.2. The van der Waals surface area contributed by atoms with Crippen LogP contribution in [0, 0.1) is 35.5 Å². The van der Waals surface area contributed by atoms with Gasteiger partial charge in [-0.3, -0.25) is 52.7 Å². The Hall–Kier alpha value is -6.01. The number of nitrogens with zero attached hydrogens (tertiary/aromatic N) is 1. The second kappa shape index (κ2) is 35.6. The van der Waals surface area contributed by atoms with Crippen LogP contribution in [0.1, 0.15) is 182 Å². The van der Waals surface area contributed by atoms with E-state index in [9.17, 15) is 63.0 Å². The maximum atomic E-state index is 14.5. The van der Waals surface area contributed by atoms with Crippen molar-refractivity contribution in [3.05, 3.63) is 12.2 Å². The lowest BCUT2D eigenvalue weighted by Gasteiger charge is -2.34. The quantitative estimate of drug-likeness (QED) is 0.0396. The molecule has 1 fully saturated rings. The summed E-state index contributed by atoms with van der Waals surface area (Å²) in [7, 11) is 1.76. The molecule has 1 heterocycles. The Bertz CT molecular complexity index is 2300. The van der Waals surface area contributed by atoms with Crippen LogP contribution in [0.25, 0.3) is 0 Å². The molecule has 0 aliphatic carbocycles. The number of allylic oxidation sites excluding steroid dienone is 1. The van der Waals surface area contributed by atoms with E-state index in [1.807, 2.05) is 55.4 Å². The fourth-order valence-corrected chi connectivity index (χ4v) is 9.54. The predicted molar refractivity (Wildman–Crippen MR) is 325 cm³/mol. The molecule has 0 aromatic carbocycles. The van der Waals surface area contributed by atoms with Crippen molar-refractivity contribution in [1.82, 2.24) is 58.1 Å². The predicted octanol–water partition coefficient (Wildman–Crippen LogP) is 1.94. The minimum Gasteiger partial charge on any atom is -0.393 e. The molecule has 10 amide bonds. The van der Waals surface area contributed by atoms with Gasteiger partial charge in [0, 0.05) is 44.9 Å². The van der Waals surface area contributed by atoms with Gasteiger partial charge in [-0.05, 0) is 129 Å². The highest BCUT2D eigenvalue weighted by Gasteiger charge is 2.43. The summed E-state index contributed by atoms with van der Waals surface area (Å²) >= 11 is 0. The lowest BCUT2D eigenvalue weighted by molar-refractivity contribution is -0.140. The van der Waals surface area contributed by atoms with Gasteiger partial charge in [0.05, 0.1) is 12.2 Å². The first-order valence-electron chi connectivity index (χ1n) is 30.5. The summed E-state index contributed by atoms with van der Waals surface area (Å²) in [6, 6.07) is -6.63. The first-order valence-corrected chi connectivity index (χ1v) is 30.5. The summed E-state index contributed by atoms with van der Waals surface area (Å²) < 4.78 is 0. The average molecular weight is 1200 g/mol. The number of aliphatic hydroxyl groups excluding tert-OH is 2. The van der Waals surface area contributed by atoms with Crippen molar-refractivity contribution >= 4 is 64.9 Å². The third-order valence-corrected chi connectivity index (χ3v) is 14.9. The van der Waals surface area contributed by atoms with Crippen molar-refractivity contribution in [1.29, 1.82) is 0 Å². The fourth-order valence-electron chi connectivity index (χ4n) is 9.54. The summed E-state index contributed by atoms with van der Waals surface area (Å²) in [5.41, 5.74) is -4.92. The van der Waals surface area contributed by atoms with Gasteiger partial charge in [0.25, 0.3) is 0 Å². The molecule has 0 aromatic heterocycles. The standard InChI is InChI=1S/C61H109N11O13/c1-20-37(9)22-23-48(76)72-33-39(11)30-46(72)54(81)66-45(29-38(10)28-42(74)31-41(73)21-2)52(79)68-49(50(77)36(7)8)55(82)70-60(15,16)57(84)67-43(26-34(3)4)51(78)65-44(27-35(5)6)53(80)69-61(17,18)58(85)71-59(13,14)56(83)63-25-24-47(75)64-40(12)32-62-19/h22-23,34-40,42-46,49-50,62,74,77H,20-21,24-33H2,1-19H3,(H,63,83)(H,64,75)(H,65,78)(H,66,81)(H,67,84)(H,68,79)(H,69,80)(H,70,82)(H,71,85). The lowest BCUT2D eigenvalue weighted by Crippen LogP contribution is -2.66. The monoisotopic (exact) mass is 1200 g/mol. The molecule has 0 aromatic rings. The molecule has 1 aliphatic heterocycles. The minimum absolute atomic E-state index is 0.00469. The second-order valence-electron chi connectivity index (χ2n) is 26.4. The van der Waals surface area contributed by atoms with E-state index in [0.29, 0.717) is 19.5 Å². The molecule has 1 rings (SSSR count). The van der Waals surface area contributed by atoms with Crippen molar-refractivity contribution in [2.75, 3.05) is 26.7 Å². The number of nitrogens with one attached hydrogen (secondary N) is 10. The van der Waals surface area contributed by atoms with Crippen LogP contribution < -0.4 is 53.2 Å². The maximum absolute atomic E-state index is 14.5. The van der Waals surface area contributed by atoms with E-state index in [1.54, 1.807) is 40.8 Å². The number of likely N-dealkylation sites (tertiary alicyclic amines) is 1. The number of Topliss-reactive ketones (excluding diaryl/α,β-unsaturated/α-hetero) is 1. The SMILES string of the molecule is CCC(=O)CC(O)CC(C)CC(NC(=O)C1CC(C)CN1C(=O)C=CC(C)CC)C(=O)NC(C(=O)NC(C)(C)C(=O)NC(CC(C)C)C(=O)NC(CC(C)C)C(=O)NC(C)(C)C(=O)NC(C)(C)C(=O)NCCC(=O)NC(C)CNC)C(O)C(C)C. The molecule has 0 radical (unpaired) electrons. The molecule has 0 bridgehead atoms. The number of carbonyl (C=O) groups excluding carboxylic acids is 11. The minimum atomic E-state index is -1.82. The number of carbonyl (C=O) groups is 11. The molecular weight excluding hydrogens is 1090 g/mol. The zero-order valence-electron chi connectivity index (χ0n) is 54.6. The highest BCUT2D eigenvalue weighted by molar-refractivity contribution is 6.00. The molecule has 24 nitrogen and oxygen atoms in total. The Morgan fingerprint density at radius 1 is 0.624 bits per heavy atom. The Kier molecular flexibility index (Phi) is 32.2. The molecule has 0 saturated carbocycles. The third kappa shape index (κ3) is 27.1. The van der Waals surface area contributed by atoms with Crippen LogP contribution in [0.2, 0.25) is 0 Å². The number of hydrogen-bond donors (Lipinski definition) is 12. The first kappa shape index (κ1) is 77.0. The zero-order valence-corrected chi connectivity index (χ0v) is 54.6. The van der Waals surface area contributed by atoms with Gasteiger partial charge in [-0.25, -0.2) is 0 Å². The van der Waals surface area contributed by atoms with E-state index in [0.717, 1.165) is 6.42 Å². The average Bonchev–Trinajstić information content (AvgIpc) is 3.97. The van der Waals surface area contributed by atoms with Crippen LogP contribution in [-0.2, 0) is 52.7 Å². The van der Waals surface area contributed by atoms with Crippen LogP contribution in [-0.4, -0.2) is 172 Å². The normalized spacial score (nSPS) is 18.0. The van der Waals surface area contributed by atoms with E-state index in [4.69, 9.17) is 0 Å². The molecule has 486 valence electrons. The van der Waals surface area contributed by atoms with E-state index < -0.39 is 118 Å². The highest BCUT2D eigenvalue weighted by atomic mass is 16.3. The number of amides is 10. The summed E-state index contributed by atoms with van der Waals surface area (Å²) in [6.07, 6.45) is 2.06. The Morgan fingerprint density at radius 2 is 1.15 bits per heavy atom. The van der Waals surface area contributed by atoms with Crippen molar-refractivity contribution in [3.63, 3.8) is 0 Å². The van der Waals surface area contributed by atoms with Crippen LogP contribution in [0.4, 0.5) is 0 Å². The zero-order chi connectivity index (χ0) is 65.5. The van der Waals surface area contributed by atoms with E-state index in [-0.39, 0.29) is 98.8 Å². The second-order valence-corrected chi connectivity index (χ2v) is 26.4. The Balaban J connectivity index is 3.45. The van der Waals surface area contributed by atoms with Crippen LogP contribution in [0.15, 0.2) is 12.2 Å². The molecule has 11 atom stereocenters. The molecule has 1 aliphatic rings. The topological polar surface area (TPSA) is 352 Å². The largest absolute Gasteiger partial charge is 0.393 e. The summed E-state index contributed by atoms with van der Waals surface area (Å²) in [4.78, 5) is 152. The molecular formula is C61H109N11O13. The Morgan fingerprint density at radius 3 is 1.69 bits per heavy atom. The van der Waals surface area contributed by atoms with Crippen molar-refractivity contribution in [3.8, 4) is 0 Å². The van der Waals surface area contributed by atoms with Crippen molar-refractivity contribution in [2.45, 2.75) is 247 Å². The van der Waals surface area contributed by atoms with Gasteiger partial charge in [-0.15, -0.1) is 0 Å². The number of ketones is 1. The Labute approximate surface area is 506 Å². The maximum Gasteiger partial charge on any atom is 0.246 e. The molecule has 24 heteroatoms. The fraction of sp³-hybridized carbons (Fsp3) is 0.787. The highest BCUT2D eigenvalue weighted by Crippen LogP contribution is 2.25. The number of rotatable bonds is 37. The number of aliphatic hydroxyl groups is 2. The van der Waals surface area contributed by atoms with E-state index in [2.05, 4.69) is 53.2 Å². The lowest BCUT2D eigenvalue weighted by atomic mass is 9.92. The van der Waals surface area contributed by atoms with Crippen molar-refractivity contribution in [2.24, 2.45) is 35.5 Å². The van der Waals surface area contributed by atoms with Crippen LogP contribution in [0.3, 0.4) is 0 Å². The van der Waals surface area contributed by atoms with Crippen LogP contribution in [0.5, 0.6) is 0 Å². The van der Waals surface area contributed by atoms with Gasteiger partial charge < -0.3 is 68.3 Å². The van der Waals surface area contributed by atoms with E-state index >= 15 is 0 Å². The third-order valence-electron chi connectivity index (χ3n) is 14.9. The number of likely N-dealkylation sites (N-methyl/N-ethyl adjacent to an activating group) is 1. The molecule has 0 spiro atoms. The summed E-state index contributed by atoms with van der Waals surface area (Å²) in [6.45, 7) is 31.0. The van der Waals surface area contributed by atoms with Gasteiger partial charge in [-0.2, -0.15) is 0 Å². The van der Waals surface area contributed by atoms with Gasteiger partial charge in [0.15, 0.2) is 0 Å². The molecule has 11 unspecified atom stereocenters. The van der Waals surface area contributed by atoms with Crippen LogP contribution >= 0.6 is 0 Å². The molecule has 85 heavy (non-hydrogen) atoms. The summed E-state index contributed by atoms with van der Waals surface area (Å²) in [5, 5.41) is 49.6. The van der Waals surface area contributed by atoms with Gasteiger partial charge in [-0.1, -0.05) is 88.7 Å². The van der Waals surface area contributed by atoms with Gasteiger partial charge >= 0.3 is 0 Å². The molecule has 12 N–H and O–H groups in total. The summed E-state index contributed by atoms with van der Waals surface area (Å²) in [5.74, 6) is -8.27. The van der Waals surface area contributed by atoms with Crippen molar-refractivity contribution < 1.29 is 63.0 Å². The smallest absolute Gasteiger partial charge is 0.246 e. The van der Waals surface area contributed by atoms with Gasteiger partial charge in [0.2, 0.25) is 59.1 Å². The van der Waals surface area contributed by atoms with E-state index in [1.165, 1.54) is 52.5 Å². The molecule has 1 saturated heterocycles. The van der Waals surface area contributed by atoms with Gasteiger partial charge in [0.1, 0.15) is 52.6 Å².